The van der Waals surface area contributed by atoms with Gasteiger partial charge >= 0.3 is 0 Å². The third-order valence-corrected chi connectivity index (χ3v) is 2.41. The molecule has 0 saturated carbocycles. The van der Waals surface area contributed by atoms with Crippen LogP contribution in [-0.4, -0.2) is 18.6 Å². The van der Waals surface area contributed by atoms with Crippen molar-refractivity contribution in [3.05, 3.63) is 0 Å². The SMILES string of the molecule is CC(C)C1C=NC=NC1C(C)C. The van der Waals surface area contributed by atoms with Gasteiger partial charge in [-0.3, -0.25) is 4.99 Å². The molecule has 1 rings (SSSR count). The Kier molecular flexibility index (Phi) is 3.01. The zero-order valence-corrected chi connectivity index (χ0v) is 8.36. The van der Waals surface area contributed by atoms with E-state index in [0.29, 0.717) is 23.8 Å². The van der Waals surface area contributed by atoms with Crippen LogP contribution in [0.25, 0.3) is 0 Å². The van der Waals surface area contributed by atoms with Crippen molar-refractivity contribution in [2.45, 2.75) is 33.7 Å². The van der Waals surface area contributed by atoms with Crippen LogP contribution in [0, 0.1) is 17.8 Å². The summed E-state index contributed by atoms with van der Waals surface area (Å²) in [6, 6.07) is 0.433. The first-order valence-electron chi connectivity index (χ1n) is 4.68. The second-order valence-electron chi connectivity index (χ2n) is 4.12. The molecular formula is C10H18N2. The standard InChI is InChI=1S/C10H18N2/c1-7(2)9-5-11-6-12-10(9)8(3)4/h5-10H,1-4H3. The number of aliphatic imine (C=N–C) groups is 2. The maximum absolute atomic E-state index is 4.41. The fourth-order valence-electron chi connectivity index (χ4n) is 1.62. The first kappa shape index (κ1) is 9.43. The zero-order valence-electron chi connectivity index (χ0n) is 8.36. The Morgan fingerprint density at radius 2 is 1.75 bits per heavy atom. The summed E-state index contributed by atoms with van der Waals surface area (Å²) in [4.78, 5) is 8.50. The molecule has 2 heteroatoms. The Bertz CT molecular complexity index is 170. The van der Waals surface area contributed by atoms with Gasteiger partial charge in [0.1, 0.15) is 6.34 Å². The van der Waals surface area contributed by atoms with Crippen LogP contribution < -0.4 is 0 Å². The van der Waals surface area contributed by atoms with Crippen LogP contribution in [0.5, 0.6) is 0 Å². The van der Waals surface area contributed by atoms with Crippen LogP contribution in [-0.2, 0) is 0 Å². The second-order valence-corrected chi connectivity index (χ2v) is 4.12. The molecule has 0 aliphatic carbocycles. The van der Waals surface area contributed by atoms with Gasteiger partial charge in [-0.15, -0.1) is 0 Å². The van der Waals surface area contributed by atoms with E-state index >= 15 is 0 Å². The van der Waals surface area contributed by atoms with Crippen molar-refractivity contribution < 1.29 is 0 Å². The summed E-state index contributed by atoms with van der Waals surface area (Å²) in [5.41, 5.74) is 0. The van der Waals surface area contributed by atoms with E-state index in [1.165, 1.54) is 0 Å². The normalized spacial score (nSPS) is 28.8. The van der Waals surface area contributed by atoms with E-state index in [2.05, 4.69) is 37.7 Å². The molecule has 2 atom stereocenters. The Labute approximate surface area is 74.8 Å². The quantitative estimate of drug-likeness (QED) is 0.602. The molecule has 0 amide bonds. The molecule has 0 spiro atoms. The lowest BCUT2D eigenvalue weighted by molar-refractivity contribution is 0.346. The average molecular weight is 166 g/mol. The van der Waals surface area contributed by atoms with Crippen molar-refractivity contribution in [1.82, 2.24) is 0 Å². The molecule has 0 saturated heterocycles. The molecule has 1 heterocycles. The van der Waals surface area contributed by atoms with E-state index in [4.69, 9.17) is 0 Å². The highest BCUT2D eigenvalue weighted by Crippen LogP contribution is 2.23. The fraction of sp³-hybridized carbons (Fsp3) is 0.800. The van der Waals surface area contributed by atoms with Gasteiger partial charge in [0, 0.05) is 12.1 Å². The molecule has 0 bridgehead atoms. The Hall–Kier alpha value is -0.660. The molecule has 0 aromatic carbocycles. The predicted octanol–water partition coefficient (Wildman–Crippen LogP) is 2.40. The van der Waals surface area contributed by atoms with Crippen LogP contribution >= 0.6 is 0 Å². The second kappa shape index (κ2) is 3.83. The van der Waals surface area contributed by atoms with Gasteiger partial charge in [-0.25, -0.2) is 4.99 Å². The molecule has 1 aliphatic heterocycles. The van der Waals surface area contributed by atoms with Crippen molar-refractivity contribution in [2.24, 2.45) is 27.7 Å². The molecule has 0 radical (unpaired) electrons. The molecule has 0 fully saturated rings. The van der Waals surface area contributed by atoms with Crippen LogP contribution in [0.1, 0.15) is 27.7 Å². The Morgan fingerprint density at radius 3 is 2.17 bits per heavy atom. The maximum Gasteiger partial charge on any atom is 0.109 e. The number of nitrogens with zero attached hydrogens (tertiary/aromatic N) is 2. The Balaban J connectivity index is 2.71. The third-order valence-electron chi connectivity index (χ3n) is 2.41. The lowest BCUT2D eigenvalue weighted by Gasteiger charge is -2.28. The summed E-state index contributed by atoms with van der Waals surface area (Å²) in [6.45, 7) is 8.90. The van der Waals surface area contributed by atoms with Gasteiger partial charge < -0.3 is 0 Å². The number of hydrogen-bond donors (Lipinski definition) is 0. The van der Waals surface area contributed by atoms with E-state index in [0.717, 1.165) is 0 Å². The van der Waals surface area contributed by atoms with E-state index in [1.807, 2.05) is 6.21 Å². The molecule has 0 aromatic heterocycles. The summed E-state index contributed by atoms with van der Waals surface area (Å²) in [5.74, 6) is 1.77. The van der Waals surface area contributed by atoms with E-state index in [1.54, 1.807) is 6.34 Å². The lowest BCUT2D eigenvalue weighted by atomic mass is 9.83. The average Bonchev–Trinajstić information content (AvgIpc) is 2.04. The Morgan fingerprint density at radius 1 is 1.08 bits per heavy atom. The highest BCUT2D eigenvalue weighted by atomic mass is 14.9. The minimum Gasteiger partial charge on any atom is -0.269 e. The molecular weight excluding hydrogens is 148 g/mol. The van der Waals surface area contributed by atoms with Crippen molar-refractivity contribution in [1.29, 1.82) is 0 Å². The molecule has 0 N–H and O–H groups in total. The van der Waals surface area contributed by atoms with Crippen LogP contribution in [0.4, 0.5) is 0 Å². The van der Waals surface area contributed by atoms with Gasteiger partial charge in [-0.05, 0) is 11.8 Å². The molecule has 68 valence electrons. The van der Waals surface area contributed by atoms with Crippen LogP contribution in [0.2, 0.25) is 0 Å². The third kappa shape index (κ3) is 1.93. The molecule has 12 heavy (non-hydrogen) atoms. The minimum absolute atomic E-state index is 0.433. The maximum atomic E-state index is 4.41. The summed E-state index contributed by atoms with van der Waals surface area (Å²) in [7, 11) is 0. The first-order valence-corrected chi connectivity index (χ1v) is 4.68. The lowest BCUT2D eigenvalue weighted by Crippen LogP contribution is -2.31. The van der Waals surface area contributed by atoms with E-state index in [-0.39, 0.29) is 0 Å². The monoisotopic (exact) mass is 166 g/mol. The minimum atomic E-state index is 0.433. The fourth-order valence-corrected chi connectivity index (χ4v) is 1.62. The number of rotatable bonds is 2. The van der Waals surface area contributed by atoms with Crippen LogP contribution in [0.15, 0.2) is 9.98 Å². The highest BCUT2D eigenvalue weighted by molar-refractivity contribution is 5.77. The first-order chi connectivity index (χ1) is 5.63. The van der Waals surface area contributed by atoms with E-state index in [9.17, 15) is 0 Å². The van der Waals surface area contributed by atoms with Gasteiger partial charge in [-0.2, -0.15) is 0 Å². The van der Waals surface area contributed by atoms with Crippen molar-refractivity contribution >= 4 is 12.6 Å². The molecule has 1 aliphatic rings. The topological polar surface area (TPSA) is 24.7 Å². The molecule has 2 unspecified atom stereocenters. The predicted molar refractivity (Wildman–Crippen MR) is 53.9 cm³/mol. The largest absolute Gasteiger partial charge is 0.269 e. The van der Waals surface area contributed by atoms with Gasteiger partial charge in [-0.1, -0.05) is 27.7 Å². The van der Waals surface area contributed by atoms with Crippen molar-refractivity contribution in [2.75, 3.05) is 0 Å². The van der Waals surface area contributed by atoms with Gasteiger partial charge in [0.05, 0.1) is 6.04 Å². The summed E-state index contributed by atoms with van der Waals surface area (Å²) in [6.07, 6.45) is 3.73. The van der Waals surface area contributed by atoms with Gasteiger partial charge in [0.25, 0.3) is 0 Å². The van der Waals surface area contributed by atoms with Crippen LogP contribution in [0.3, 0.4) is 0 Å². The summed E-state index contributed by atoms with van der Waals surface area (Å²) in [5, 5.41) is 0. The van der Waals surface area contributed by atoms with E-state index < -0.39 is 0 Å². The smallest absolute Gasteiger partial charge is 0.109 e. The van der Waals surface area contributed by atoms with Gasteiger partial charge in [0.2, 0.25) is 0 Å². The van der Waals surface area contributed by atoms with Gasteiger partial charge in [0.15, 0.2) is 0 Å². The van der Waals surface area contributed by atoms with Crippen molar-refractivity contribution in [3.8, 4) is 0 Å². The van der Waals surface area contributed by atoms with Crippen molar-refractivity contribution in [3.63, 3.8) is 0 Å². The number of hydrogen-bond acceptors (Lipinski definition) is 2. The summed E-state index contributed by atoms with van der Waals surface area (Å²) >= 11 is 0. The summed E-state index contributed by atoms with van der Waals surface area (Å²) < 4.78 is 0. The zero-order chi connectivity index (χ0) is 9.14. The molecule has 2 nitrogen and oxygen atoms in total. The molecule has 0 aromatic rings. The highest BCUT2D eigenvalue weighted by Gasteiger charge is 2.26.